The molecule has 176 valence electrons. The van der Waals surface area contributed by atoms with E-state index >= 15 is 0 Å². The van der Waals surface area contributed by atoms with Crippen LogP contribution in [0.5, 0.6) is 0 Å². The molecular formula is C25H23FN2O5S. The highest BCUT2D eigenvalue weighted by molar-refractivity contribution is 7.89. The maximum absolute atomic E-state index is 13.7. The number of hydrogen-bond acceptors (Lipinski definition) is 4. The zero-order valence-electron chi connectivity index (χ0n) is 18.1. The molecule has 1 heterocycles. The highest BCUT2D eigenvalue weighted by Crippen LogP contribution is 2.29. The molecule has 1 fully saturated rings. The lowest BCUT2D eigenvalue weighted by Crippen LogP contribution is -2.59. The number of rotatable bonds is 6. The third-order valence-electron chi connectivity index (χ3n) is 5.86. The van der Waals surface area contributed by atoms with Crippen LogP contribution in [0.4, 0.5) is 4.39 Å². The van der Waals surface area contributed by atoms with Crippen molar-refractivity contribution in [3.8, 4) is 0 Å². The van der Waals surface area contributed by atoms with Crippen LogP contribution < -0.4 is 0 Å². The molecule has 1 N–H and O–H groups in total. The van der Waals surface area contributed by atoms with Gasteiger partial charge in [-0.25, -0.2) is 12.8 Å². The molecule has 9 heteroatoms. The standard InChI is InChI=1S/C25H23FN2O5S/c26-20-11-13-21(14-12-20)34(32,33)28-16-15-27(17-22(28)25(30)31)24(29)23(18-7-3-1-4-8-18)19-9-5-2-6-10-19/h1-14,22-23H,15-17H2,(H,30,31). The Hall–Kier alpha value is -3.56. The van der Waals surface area contributed by atoms with Crippen molar-refractivity contribution in [2.45, 2.75) is 16.9 Å². The topological polar surface area (TPSA) is 95.0 Å². The van der Waals surface area contributed by atoms with Crippen LogP contribution in [0.2, 0.25) is 0 Å². The SMILES string of the molecule is O=C(O)C1CN(C(=O)C(c2ccccc2)c2ccccc2)CCN1S(=O)(=O)c1ccc(F)cc1. The number of sulfonamides is 1. The minimum atomic E-state index is -4.20. The van der Waals surface area contributed by atoms with Crippen molar-refractivity contribution in [1.82, 2.24) is 9.21 Å². The van der Waals surface area contributed by atoms with Crippen LogP contribution in [0.3, 0.4) is 0 Å². The molecule has 4 rings (SSSR count). The number of hydrogen-bond donors (Lipinski definition) is 1. The van der Waals surface area contributed by atoms with Crippen molar-refractivity contribution in [2.75, 3.05) is 19.6 Å². The van der Waals surface area contributed by atoms with E-state index in [1.54, 1.807) is 0 Å². The summed E-state index contributed by atoms with van der Waals surface area (Å²) in [5.74, 6) is -2.92. The monoisotopic (exact) mass is 482 g/mol. The molecule has 34 heavy (non-hydrogen) atoms. The number of carbonyl (C=O) groups is 2. The van der Waals surface area contributed by atoms with Crippen molar-refractivity contribution < 1.29 is 27.5 Å². The summed E-state index contributed by atoms with van der Waals surface area (Å²) in [6.45, 7) is -0.470. The van der Waals surface area contributed by atoms with E-state index in [4.69, 9.17) is 0 Å². The number of halogens is 1. The Bertz CT molecular complexity index is 1230. The number of carboxylic acids is 1. The smallest absolute Gasteiger partial charge is 0.323 e. The van der Waals surface area contributed by atoms with Crippen LogP contribution in [-0.4, -0.2) is 60.3 Å². The van der Waals surface area contributed by atoms with Gasteiger partial charge in [-0.2, -0.15) is 4.31 Å². The van der Waals surface area contributed by atoms with Gasteiger partial charge in [0.05, 0.1) is 10.8 Å². The Labute approximate surface area is 197 Å². The minimum absolute atomic E-state index is 0.0270. The first-order valence-electron chi connectivity index (χ1n) is 10.7. The number of nitrogens with zero attached hydrogens (tertiary/aromatic N) is 2. The second kappa shape index (κ2) is 9.74. The molecule has 1 unspecified atom stereocenters. The van der Waals surface area contributed by atoms with Gasteiger partial charge in [-0.3, -0.25) is 9.59 Å². The summed E-state index contributed by atoms with van der Waals surface area (Å²) in [6, 6.07) is 21.1. The third-order valence-corrected chi connectivity index (χ3v) is 7.78. The van der Waals surface area contributed by atoms with Gasteiger partial charge in [0.2, 0.25) is 15.9 Å². The molecule has 1 amide bonds. The number of benzene rings is 3. The number of aliphatic carboxylic acids is 1. The van der Waals surface area contributed by atoms with Gasteiger partial charge in [0.15, 0.2) is 0 Å². The van der Waals surface area contributed by atoms with Gasteiger partial charge in [-0.15, -0.1) is 0 Å². The normalized spacial score (nSPS) is 17.0. The van der Waals surface area contributed by atoms with E-state index in [0.29, 0.717) is 0 Å². The molecule has 0 spiro atoms. The predicted octanol–water partition coefficient (Wildman–Crippen LogP) is 2.94. The summed E-state index contributed by atoms with van der Waals surface area (Å²) in [5.41, 5.74) is 1.51. The fourth-order valence-electron chi connectivity index (χ4n) is 4.15. The van der Waals surface area contributed by atoms with Crippen molar-refractivity contribution in [1.29, 1.82) is 0 Å². The van der Waals surface area contributed by atoms with Gasteiger partial charge < -0.3 is 10.0 Å². The maximum atomic E-state index is 13.7. The fraction of sp³-hybridized carbons (Fsp3) is 0.200. The van der Waals surface area contributed by atoms with E-state index in [1.807, 2.05) is 60.7 Å². The van der Waals surface area contributed by atoms with Crippen molar-refractivity contribution in [3.63, 3.8) is 0 Å². The van der Waals surface area contributed by atoms with Crippen molar-refractivity contribution >= 4 is 21.9 Å². The maximum Gasteiger partial charge on any atom is 0.323 e. The average molecular weight is 483 g/mol. The van der Waals surface area contributed by atoms with Crippen LogP contribution in [0.1, 0.15) is 17.0 Å². The summed E-state index contributed by atoms with van der Waals surface area (Å²) in [5, 5.41) is 9.83. The van der Waals surface area contributed by atoms with E-state index in [2.05, 4.69) is 0 Å². The van der Waals surface area contributed by atoms with Crippen LogP contribution in [0.15, 0.2) is 89.8 Å². The van der Waals surface area contributed by atoms with Crippen LogP contribution in [-0.2, 0) is 19.6 Å². The Morgan fingerprint density at radius 2 is 1.38 bits per heavy atom. The Morgan fingerprint density at radius 1 is 0.853 bits per heavy atom. The molecule has 1 atom stereocenters. The summed E-state index contributed by atoms with van der Waals surface area (Å²) in [7, 11) is -4.20. The molecule has 1 saturated heterocycles. The van der Waals surface area contributed by atoms with E-state index in [1.165, 1.54) is 4.90 Å². The zero-order valence-corrected chi connectivity index (χ0v) is 18.9. The quantitative estimate of drug-likeness (QED) is 0.583. The lowest BCUT2D eigenvalue weighted by molar-refractivity contribution is -0.145. The number of amides is 1. The minimum Gasteiger partial charge on any atom is -0.480 e. The van der Waals surface area contributed by atoms with E-state index < -0.39 is 33.8 Å². The first-order valence-corrected chi connectivity index (χ1v) is 12.1. The van der Waals surface area contributed by atoms with Gasteiger partial charge in [0.1, 0.15) is 11.9 Å². The van der Waals surface area contributed by atoms with E-state index in [9.17, 15) is 27.5 Å². The second-order valence-corrected chi connectivity index (χ2v) is 9.85. The van der Waals surface area contributed by atoms with Crippen molar-refractivity contribution in [3.05, 3.63) is 102 Å². The van der Waals surface area contributed by atoms with Crippen molar-refractivity contribution in [2.24, 2.45) is 0 Å². The second-order valence-electron chi connectivity index (χ2n) is 7.96. The Kier molecular flexibility index (Phi) is 6.76. The highest BCUT2D eigenvalue weighted by Gasteiger charge is 2.42. The lowest BCUT2D eigenvalue weighted by Gasteiger charge is -2.39. The summed E-state index contributed by atoms with van der Waals surface area (Å²) in [6.07, 6.45) is 0. The largest absolute Gasteiger partial charge is 0.480 e. The molecule has 3 aromatic rings. The molecule has 3 aromatic carbocycles. The molecule has 0 aromatic heterocycles. The van der Waals surface area contributed by atoms with Crippen LogP contribution in [0, 0.1) is 5.82 Å². The summed E-state index contributed by atoms with van der Waals surface area (Å²) >= 11 is 0. The predicted molar refractivity (Wildman–Crippen MR) is 123 cm³/mol. The number of carbonyl (C=O) groups excluding carboxylic acids is 1. The molecule has 7 nitrogen and oxygen atoms in total. The summed E-state index contributed by atoms with van der Waals surface area (Å²) < 4.78 is 40.3. The molecule has 0 saturated carbocycles. The molecule has 0 radical (unpaired) electrons. The number of carboxylic acid groups (broad SMARTS) is 1. The van der Waals surface area contributed by atoms with Crippen LogP contribution in [0.25, 0.3) is 0 Å². The summed E-state index contributed by atoms with van der Waals surface area (Å²) in [4.78, 5) is 26.9. The van der Waals surface area contributed by atoms with Gasteiger partial charge in [0, 0.05) is 19.6 Å². The Morgan fingerprint density at radius 3 is 1.88 bits per heavy atom. The lowest BCUT2D eigenvalue weighted by atomic mass is 9.89. The molecule has 1 aliphatic rings. The van der Waals surface area contributed by atoms with E-state index in [-0.39, 0.29) is 30.4 Å². The van der Waals surface area contributed by atoms with Gasteiger partial charge >= 0.3 is 5.97 Å². The van der Waals surface area contributed by atoms with E-state index in [0.717, 1.165) is 39.7 Å². The highest BCUT2D eigenvalue weighted by atomic mass is 32.2. The molecule has 0 aliphatic carbocycles. The number of piperazine rings is 1. The molecular weight excluding hydrogens is 459 g/mol. The average Bonchev–Trinajstić information content (AvgIpc) is 2.85. The first-order chi connectivity index (χ1) is 16.3. The molecule has 1 aliphatic heterocycles. The first kappa shape index (κ1) is 23.6. The van der Waals surface area contributed by atoms with Gasteiger partial charge in [-0.1, -0.05) is 60.7 Å². The Balaban J connectivity index is 1.63. The zero-order chi connectivity index (χ0) is 24.3. The third kappa shape index (κ3) is 4.71. The fourth-order valence-corrected chi connectivity index (χ4v) is 5.71. The van der Waals surface area contributed by atoms with Crippen LogP contribution >= 0.6 is 0 Å². The molecule has 0 bridgehead atoms. The van der Waals surface area contributed by atoms with Gasteiger partial charge in [-0.05, 0) is 35.4 Å². The van der Waals surface area contributed by atoms with Gasteiger partial charge in [0.25, 0.3) is 0 Å².